The van der Waals surface area contributed by atoms with E-state index in [-0.39, 0.29) is 24.3 Å². The lowest BCUT2D eigenvalue weighted by Gasteiger charge is -2.32. The summed E-state index contributed by atoms with van der Waals surface area (Å²) in [6.07, 6.45) is 1.95. The van der Waals surface area contributed by atoms with Crippen molar-refractivity contribution in [1.82, 2.24) is 15.2 Å². The van der Waals surface area contributed by atoms with Crippen LogP contribution >= 0.6 is 23.1 Å². The average Bonchev–Trinajstić information content (AvgIpc) is 3.20. The van der Waals surface area contributed by atoms with E-state index >= 15 is 0 Å². The molecular weight excluding hydrogens is 422 g/mol. The molecule has 9 heteroatoms. The topological polar surface area (TPSA) is 80.8 Å². The molecule has 1 aromatic carbocycles. The van der Waals surface area contributed by atoms with Crippen molar-refractivity contribution in [3.63, 3.8) is 0 Å². The molecule has 1 aromatic heterocycles. The summed E-state index contributed by atoms with van der Waals surface area (Å²) >= 11 is 3.06. The quantitative estimate of drug-likeness (QED) is 0.593. The summed E-state index contributed by atoms with van der Waals surface area (Å²) in [5.41, 5.74) is 0.985. The number of aryl methyl sites for hydroxylation is 1. The van der Waals surface area contributed by atoms with Crippen molar-refractivity contribution < 1.29 is 19.1 Å². The number of methoxy groups -OCH3 is 1. The number of aromatic nitrogens is 1. The number of carbonyl (C=O) groups excluding carboxylic acids is 2. The first-order valence-corrected chi connectivity index (χ1v) is 11.8. The Morgan fingerprint density at radius 2 is 2.13 bits per heavy atom. The molecule has 0 saturated carbocycles. The molecule has 1 aliphatic heterocycles. The number of ether oxygens (including phenoxy) is 2. The molecule has 1 atom stereocenters. The number of piperidine rings is 1. The molecule has 0 bridgehead atoms. The molecule has 0 spiro atoms. The third-order valence-corrected chi connectivity index (χ3v) is 6.93. The molecule has 0 radical (unpaired) electrons. The normalized spacial score (nSPS) is 16.2. The number of rotatable bonds is 9. The first-order chi connectivity index (χ1) is 14.5. The number of likely N-dealkylation sites (tertiary alicyclic amines) is 1. The van der Waals surface area contributed by atoms with Gasteiger partial charge in [-0.25, -0.2) is 4.98 Å². The Bertz CT molecular complexity index is 858. The van der Waals surface area contributed by atoms with Gasteiger partial charge in [0, 0.05) is 30.7 Å². The highest BCUT2D eigenvalue weighted by molar-refractivity contribution is 8.01. The van der Waals surface area contributed by atoms with Gasteiger partial charge in [-0.1, -0.05) is 23.9 Å². The second kappa shape index (κ2) is 11.2. The average molecular weight is 450 g/mol. The summed E-state index contributed by atoms with van der Waals surface area (Å²) in [7, 11) is 1.56. The van der Waals surface area contributed by atoms with Crippen LogP contribution in [-0.2, 0) is 9.59 Å². The van der Waals surface area contributed by atoms with Crippen LogP contribution in [0.2, 0.25) is 0 Å². The van der Waals surface area contributed by atoms with Crippen LogP contribution < -0.4 is 14.8 Å². The second-order valence-electron chi connectivity index (χ2n) is 7.14. The third-order valence-electron chi connectivity index (χ3n) is 4.80. The Morgan fingerprint density at radius 3 is 2.87 bits per heavy atom. The fraction of sp³-hybridized carbons (Fsp3) is 0.476. The van der Waals surface area contributed by atoms with Crippen LogP contribution in [0.25, 0.3) is 0 Å². The predicted octanol–water partition coefficient (Wildman–Crippen LogP) is 2.99. The first kappa shape index (κ1) is 22.4. The number of hydrogen-bond donors (Lipinski definition) is 1. The summed E-state index contributed by atoms with van der Waals surface area (Å²) in [6.45, 7) is 3.87. The zero-order valence-electron chi connectivity index (χ0n) is 17.3. The summed E-state index contributed by atoms with van der Waals surface area (Å²) in [4.78, 5) is 31.0. The molecule has 1 unspecified atom stereocenters. The van der Waals surface area contributed by atoms with Crippen LogP contribution in [0.4, 0.5) is 0 Å². The van der Waals surface area contributed by atoms with Gasteiger partial charge in [-0.2, -0.15) is 0 Å². The number of nitrogens with one attached hydrogen (secondary N) is 1. The highest BCUT2D eigenvalue weighted by Gasteiger charge is 2.24. The van der Waals surface area contributed by atoms with Gasteiger partial charge in [0.25, 0.3) is 5.91 Å². The number of hydrogen-bond acceptors (Lipinski definition) is 7. The Hall–Kier alpha value is -2.26. The van der Waals surface area contributed by atoms with Gasteiger partial charge < -0.3 is 19.7 Å². The van der Waals surface area contributed by atoms with Gasteiger partial charge in [0.2, 0.25) is 5.91 Å². The van der Waals surface area contributed by atoms with Crippen molar-refractivity contribution in [1.29, 1.82) is 0 Å². The monoisotopic (exact) mass is 449 g/mol. The van der Waals surface area contributed by atoms with E-state index in [9.17, 15) is 9.59 Å². The van der Waals surface area contributed by atoms with E-state index < -0.39 is 0 Å². The molecule has 7 nitrogen and oxygen atoms in total. The highest BCUT2D eigenvalue weighted by atomic mass is 32.2. The van der Waals surface area contributed by atoms with Crippen LogP contribution in [-0.4, -0.2) is 60.8 Å². The smallest absolute Gasteiger partial charge is 0.257 e. The predicted molar refractivity (Wildman–Crippen MR) is 118 cm³/mol. The minimum absolute atomic E-state index is 0.0698. The van der Waals surface area contributed by atoms with Gasteiger partial charge in [-0.05, 0) is 37.8 Å². The zero-order valence-corrected chi connectivity index (χ0v) is 18.9. The molecule has 1 saturated heterocycles. The van der Waals surface area contributed by atoms with Crippen molar-refractivity contribution in [2.24, 2.45) is 5.92 Å². The largest absolute Gasteiger partial charge is 0.493 e. The van der Waals surface area contributed by atoms with Gasteiger partial charge in [0.15, 0.2) is 22.4 Å². The summed E-state index contributed by atoms with van der Waals surface area (Å²) in [5, 5.41) is 4.91. The standard InChI is InChI=1S/C21H27N3O4S2/c1-15-13-29-21(23-15)30-14-20(26)24-9-5-6-16(11-24)10-22-19(25)12-28-18-8-4-3-7-17(18)27-2/h3-4,7-8,13,16H,5-6,9-12,14H2,1-2H3,(H,22,25). The van der Waals surface area contributed by atoms with E-state index in [1.54, 1.807) is 30.6 Å². The molecule has 30 heavy (non-hydrogen) atoms. The molecule has 3 rings (SSSR count). The minimum Gasteiger partial charge on any atom is -0.493 e. The fourth-order valence-corrected chi connectivity index (χ4v) is 5.01. The Labute approximate surface area is 185 Å². The molecule has 2 heterocycles. The summed E-state index contributed by atoms with van der Waals surface area (Å²) in [5.74, 6) is 1.74. The number of benzene rings is 1. The molecule has 1 fully saturated rings. The van der Waals surface area contributed by atoms with Gasteiger partial charge in [-0.3, -0.25) is 9.59 Å². The minimum atomic E-state index is -0.181. The van der Waals surface area contributed by atoms with Gasteiger partial charge in [0.1, 0.15) is 0 Å². The summed E-state index contributed by atoms with van der Waals surface area (Å²) in [6, 6.07) is 7.23. The van der Waals surface area contributed by atoms with Gasteiger partial charge >= 0.3 is 0 Å². The number of amides is 2. The third kappa shape index (κ3) is 6.63. The lowest BCUT2D eigenvalue weighted by Crippen LogP contribution is -2.44. The van der Waals surface area contributed by atoms with Crippen molar-refractivity contribution in [2.45, 2.75) is 24.1 Å². The van der Waals surface area contributed by atoms with Crippen molar-refractivity contribution in [3.05, 3.63) is 35.3 Å². The number of thioether (sulfide) groups is 1. The van der Waals surface area contributed by atoms with E-state index in [2.05, 4.69) is 10.3 Å². The number of carbonyl (C=O) groups is 2. The van der Waals surface area contributed by atoms with E-state index in [1.807, 2.05) is 29.3 Å². The maximum Gasteiger partial charge on any atom is 0.257 e. The lowest BCUT2D eigenvalue weighted by molar-refractivity contribution is -0.130. The van der Waals surface area contributed by atoms with Crippen molar-refractivity contribution >= 4 is 34.9 Å². The van der Waals surface area contributed by atoms with Crippen molar-refractivity contribution in [2.75, 3.05) is 39.1 Å². The fourth-order valence-electron chi connectivity index (χ4n) is 3.26. The SMILES string of the molecule is COc1ccccc1OCC(=O)NCC1CCCN(C(=O)CSc2nc(C)cs2)C1. The van der Waals surface area contributed by atoms with Gasteiger partial charge in [-0.15, -0.1) is 11.3 Å². The molecule has 162 valence electrons. The van der Waals surface area contributed by atoms with Crippen LogP contribution in [0, 0.1) is 12.8 Å². The van der Waals surface area contributed by atoms with E-state index in [0.29, 0.717) is 30.3 Å². The summed E-state index contributed by atoms with van der Waals surface area (Å²) < 4.78 is 11.7. The molecule has 2 aromatic rings. The maximum absolute atomic E-state index is 12.5. The molecule has 0 aliphatic carbocycles. The molecule has 1 N–H and O–H groups in total. The van der Waals surface area contributed by atoms with Crippen LogP contribution in [0.5, 0.6) is 11.5 Å². The number of thiazole rings is 1. The maximum atomic E-state index is 12.5. The lowest BCUT2D eigenvalue weighted by atomic mass is 9.98. The number of para-hydroxylation sites is 2. The Balaban J connectivity index is 1.38. The van der Waals surface area contributed by atoms with E-state index in [4.69, 9.17) is 9.47 Å². The van der Waals surface area contributed by atoms with E-state index in [1.165, 1.54) is 11.8 Å². The first-order valence-electron chi connectivity index (χ1n) is 9.90. The number of nitrogens with zero attached hydrogens (tertiary/aromatic N) is 2. The van der Waals surface area contributed by atoms with Crippen LogP contribution in [0.15, 0.2) is 34.0 Å². The molecule has 2 amide bonds. The van der Waals surface area contributed by atoms with Crippen LogP contribution in [0.1, 0.15) is 18.5 Å². The second-order valence-corrected chi connectivity index (χ2v) is 9.22. The molecule has 1 aliphatic rings. The zero-order chi connectivity index (χ0) is 21.3. The Kier molecular flexibility index (Phi) is 8.39. The Morgan fingerprint density at radius 1 is 1.33 bits per heavy atom. The molecular formula is C21H27N3O4S2. The van der Waals surface area contributed by atoms with E-state index in [0.717, 1.165) is 29.4 Å². The van der Waals surface area contributed by atoms with Crippen LogP contribution in [0.3, 0.4) is 0 Å². The highest BCUT2D eigenvalue weighted by Crippen LogP contribution is 2.26. The van der Waals surface area contributed by atoms with Crippen molar-refractivity contribution in [3.8, 4) is 11.5 Å². The van der Waals surface area contributed by atoms with Gasteiger partial charge in [0.05, 0.1) is 12.9 Å².